The summed E-state index contributed by atoms with van der Waals surface area (Å²) in [5, 5.41) is 4.68. The minimum absolute atomic E-state index is 0.346. The van der Waals surface area contributed by atoms with E-state index in [1.807, 2.05) is 0 Å². The van der Waals surface area contributed by atoms with Crippen molar-refractivity contribution in [2.75, 3.05) is 19.0 Å². The maximum atomic E-state index is 11.1. The molecule has 0 saturated carbocycles. The van der Waals surface area contributed by atoms with Crippen LogP contribution < -0.4 is 5.32 Å². The van der Waals surface area contributed by atoms with Gasteiger partial charge < -0.3 is 10.1 Å². The molecule has 0 atom stereocenters. The van der Waals surface area contributed by atoms with Gasteiger partial charge in [0.05, 0.1) is 12.8 Å². The quantitative estimate of drug-likeness (QED) is 0.691. The van der Waals surface area contributed by atoms with Gasteiger partial charge in [-0.15, -0.1) is 0 Å². The summed E-state index contributed by atoms with van der Waals surface area (Å²) in [7, 11) is 1.37. The number of anilines is 1. The summed E-state index contributed by atoms with van der Waals surface area (Å²) in [6.45, 7) is 0.968. The molecule has 0 saturated heterocycles. The third-order valence-corrected chi connectivity index (χ3v) is 2.97. The average molecular weight is 198 g/mol. The summed E-state index contributed by atoms with van der Waals surface area (Å²) >= 11 is 1.37. The van der Waals surface area contributed by atoms with Crippen molar-refractivity contribution < 1.29 is 9.53 Å². The second-order valence-electron chi connectivity index (χ2n) is 2.82. The monoisotopic (exact) mass is 198 g/mol. The van der Waals surface area contributed by atoms with Crippen LogP contribution in [0.15, 0.2) is 0 Å². The van der Waals surface area contributed by atoms with Crippen LogP contribution in [0.2, 0.25) is 0 Å². The Balaban J connectivity index is 2.30. The van der Waals surface area contributed by atoms with Gasteiger partial charge >= 0.3 is 5.97 Å². The number of carbonyl (C=O) groups is 1. The number of nitrogens with one attached hydrogen (secondary N) is 1. The molecule has 0 aliphatic carbocycles. The number of ether oxygens (including phenoxy) is 1. The largest absolute Gasteiger partial charge is 0.464 e. The van der Waals surface area contributed by atoms with E-state index in [9.17, 15) is 4.79 Å². The zero-order valence-electron chi connectivity index (χ0n) is 7.29. The van der Waals surface area contributed by atoms with E-state index < -0.39 is 0 Å². The normalized spacial score (nSPS) is 14.5. The predicted octanol–water partition coefficient (Wildman–Crippen LogP) is 1.29. The van der Waals surface area contributed by atoms with Crippen LogP contribution in [-0.4, -0.2) is 24.6 Å². The number of hydrogen-bond donors (Lipinski definition) is 1. The van der Waals surface area contributed by atoms with Crippen LogP contribution in [0.1, 0.15) is 21.9 Å². The first-order valence-electron chi connectivity index (χ1n) is 4.13. The molecule has 4 nitrogen and oxygen atoms in total. The number of hydrogen-bond acceptors (Lipinski definition) is 5. The van der Waals surface area contributed by atoms with Crippen LogP contribution in [0, 0.1) is 0 Å². The van der Waals surface area contributed by atoms with Gasteiger partial charge in [-0.3, -0.25) is 0 Å². The highest BCUT2D eigenvalue weighted by atomic mass is 32.1. The molecular formula is C8H10N2O2S. The van der Waals surface area contributed by atoms with Crippen LogP contribution in [0.4, 0.5) is 5.00 Å². The lowest BCUT2D eigenvalue weighted by Gasteiger charge is -2.10. The van der Waals surface area contributed by atoms with Crippen molar-refractivity contribution >= 4 is 22.3 Å². The van der Waals surface area contributed by atoms with Crippen molar-refractivity contribution in [2.24, 2.45) is 0 Å². The van der Waals surface area contributed by atoms with Gasteiger partial charge in [-0.2, -0.15) is 0 Å². The fourth-order valence-corrected chi connectivity index (χ4v) is 2.25. The van der Waals surface area contributed by atoms with E-state index in [0.717, 1.165) is 30.1 Å². The molecule has 1 aromatic heterocycles. The highest BCUT2D eigenvalue weighted by molar-refractivity contribution is 7.17. The maximum Gasteiger partial charge on any atom is 0.367 e. The van der Waals surface area contributed by atoms with E-state index in [0.29, 0.717) is 5.01 Å². The molecule has 0 aromatic carbocycles. The minimum atomic E-state index is -0.346. The lowest BCUT2D eigenvalue weighted by atomic mass is 10.2. The highest BCUT2D eigenvalue weighted by Crippen LogP contribution is 2.28. The summed E-state index contributed by atoms with van der Waals surface area (Å²) in [5.74, 6) is -0.346. The van der Waals surface area contributed by atoms with Crippen LogP contribution in [-0.2, 0) is 11.2 Å². The first-order chi connectivity index (χ1) is 6.31. The SMILES string of the molecule is COC(=O)c1nc2c(s1)NCCC2. The molecule has 70 valence electrons. The molecule has 0 radical (unpaired) electrons. The predicted molar refractivity (Wildman–Crippen MR) is 50.3 cm³/mol. The van der Waals surface area contributed by atoms with Crippen LogP contribution in [0.25, 0.3) is 0 Å². The Morgan fingerprint density at radius 1 is 1.69 bits per heavy atom. The first kappa shape index (κ1) is 8.50. The molecule has 5 heteroatoms. The fraction of sp³-hybridized carbons (Fsp3) is 0.500. The summed E-state index contributed by atoms with van der Waals surface area (Å²) in [4.78, 5) is 15.3. The molecule has 1 aliphatic rings. The second kappa shape index (κ2) is 3.33. The van der Waals surface area contributed by atoms with Gasteiger partial charge in [0.15, 0.2) is 0 Å². The molecule has 0 bridgehead atoms. The third kappa shape index (κ3) is 1.51. The lowest BCUT2D eigenvalue weighted by Crippen LogP contribution is -2.09. The average Bonchev–Trinajstić information content (AvgIpc) is 2.59. The number of nitrogens with zero attached hydrogens (tertiary/aromatic N) is 1. The zero-order valence-corrected chi connectivity index (χ0v) is 8.11. The second-order valence-corrected chi connectivity index (χ2v) is 3.82. The number of methoxy groups -OCH3 is 1. The molecular weight excluding hydrogens is 188 g/mol. The highest BCUT2D eigenvalue weighted by Gasteiger charge is 2.18. The Labute approximate surface area is 79.9 Å². The van der Waals surface area contributed by atoms with Crippen molar-refractivity contribution in [1.82, 2.24) is 4.98 Å². The number of fused-ring (bicyclic) bond motifs is 1. The van der Waals surface area contributed by atoms with Gasteiger partial charge in [0, 0.05) is 6.54 Å². The van der Waals surface area contributed by atoms with Crippen molar-refractivity contribution in [2.45, 2.75) is 12.8 Å². The van der Waals surface area contributed by atoms with Gasteiger partial charge in [0.2, 0.25) is 5.01 Å². The fourth-order valence-electron chi connectivity index (χ4n) is 1.29. The van der Waals surface area contributed by atoms with Gasteiger partial charge in [0.1, 0.15) is 5.00 Å². The van der Waals surface area contributed by atoms with Gasteiger partial charge in [-0.1, -0.05) is 11.3 Å². The standard InChI is InChI=1S/C8H10N2O2S/c1-12-8(11)7-10-5-3-2-4-9-6(5)13-7/h9H,2-4H2,1H3. The van der Waals surface area contributed by atoms with Gasteiger partial charge in [0.25, 0.3) is 0 Å². The molecule has 0 fully saturated rings. The van der Waals surface area contributed by atoms with E-state index in [-0.39, 0.29) is 5.97 Å². The molecule has 0 unspecified atom stereocenters. The summed E-state index contributed by atoms with van der Waals surface area (Å²) in [5.41, 5.74) is 0.997. The maximum absolute atomic E-state index is 11.1. The van der Waals surface area contributed by atoms with E-state index in [4.69, 9.17) is 0 Å². The summed E-state index contributed by atoms with van der Waals surface area (Å²) in [6, 6.07) is 0. The molecule has 1 aliphatic heterocycles. The minimum Gasteiger partial charge on any atom is -0.464 e. The molecule has 13 heavy (non-hydrogen) atoms. The number of rotatable bonds is 1. The number of carbonyl (C=O) groups excluding carboxylic acids is 1. The van der Waals surface area contributed by atoms with Crippen molar-refractivity contribution in [3.63, 3.8) is 0 Å². The van der Waals surface area contributed by atoms with E-state index in [1.165, 1.54) is 18.4 Å². The Morgan fingerprint density at radius 3 is 3.23 bits per heavy atom. The van der Waals surface area contributed by atoms with E-state index in [1.54, 1.807) is 0 Å². The van der Waals surface area contributed by atoms with E-state index in [2.05, 4.69) is 15.0 Å². The van der Waals surface area contributed by atoms with Gasteiger partial charge in [-0.25, -0.2) is 9.78 Å². The van der Waals surface area contributed by atoms with Crippen molar-refractivity contribution in [3.8, 4) is 0 Å². The smallest absolute Gasteiger partial charge is 0.367 e. The Hall–Kier alpha value is -1.10. The lowest BCUT2D eigenvalue weighted by molar-refractivity contribution is 0.0600. The number of aryl methyl sites for hydroxylation is 1. The molecule has 1 aromatic rings. The Kier molecular flexibility index (Phi) is 2.18. The molecule has 1 N–H and O–H groups in total. The van der Waals surface area contributed by atoms with Gasteiger partial charge in [-0.05, 0) is 12.8 Å². The van der Waals surface area contributed by atoms with Crippen molar-refractivity contribution in [1.29, 1.82) is 0 Å². The topological polar surface area (TPSA) is 51.2 Å². The number of aromatic nitrogens is 1. The first-order valence-corrected chi connectivity index (χ1v) is 4.95. The van der Waals surface area contributed by atoms with Crippen LogP contribution in [0.5, 0.6) is 0 Å². The van der Waals surface area contributed by atoms with E-state index >= 15 is 0 Å². The molecule has 0 spiro atoms. The number of esters is 1. The third-order valence-electron chi connectivity index (χ3n) is 1.93. The summed E-state index contributed by atoms with van der Waals surface area (Å²) in [6.07, 6.45) is 2.03. The van der Waals surface area contributed by atoms with Crippen molar-refractivity contribution in [3.05, 3.63) is 10.7 Å². The zero-order chi connectivity index (χ0) is 9.26. The Bertz CT molecular complexity index is 311. The van der Waals surface area contributed by atoms with Crippen LogP contribution >= 0.6 is 11.3 Å². The molecule has 2 rings (SSSR count). The summed E-state index contributed by atoms with van der Waals surface area (Å²) < 4.78 is 4.60. The Morgan fingerprint density at radius 2 is 2.54 bits per heavy atom. The van der Waals surface area contributed by atoms with Crippen LogP contribution in [0.3, 0.4) is 0 Å². The molecule has 0 amide bonds. The molecule has 2 heterocycles. The number of thiazole rings is 1.